The molecule has 0 bridgehead atoms. The zero-order chi connectivity index (χ0) is 12.9. The summed E-state index contributed by atoms with van der Waals surface area (Å²) in [7, 11) is 0. The third-order valence-electron chi connectivity index (χ3n) is 2.82. The van der Waals surface area contributed by atoms with Crippen LogP contribution in [0.15, 0.2) is 54.7 Å². The molecular weight excluding hydrogens is 254 g/mol. The zero-order valence-corrected chi connectivity index (χ0v) is 11.2. The summed E-state index contributed by atoms with van der Waals surface area (Å²) < 4.78 is 0. The lowest BCUT2D eigenvalue weighted by molar-refractivity contribution is 0.905. The summed E-state index contributed by atoms with van der Waals surface area (Å²) in [4.78, 5) is 4.29. The van der Waals surface area contributed by atoms with E-state index in [9.17, 15) is 0 Å². The van der Waals surface area contributed by atoms with Crippen molar-refractivity contribution in [2.45, 2.75) is 12.8 Å². The van der Waals surface area contributed by atoms with Crippen molar-refractivity contribution in [2.24, 2.45) is 0 Å². The van der Waals surface area contributed by atoms with Crippen molar-refractivity contribution >= 4 is 11.3 Å². The van der Waals surface area contributed by atoms with Gasteiger partial charge in [-0.25, -0.2) is 0 Å². The minimum absolute atomic E-state index is 0.892. The van der Waals surface area contributed by atoms with Gasteiger partial charge in [-0.05, 0) is 24.1 Å². The van der Waals surface area contributed by atoms with Crippen LogP contribution in [-0.4, -0.2) is 15.2 Å². The van der Waals surface area contributed by atoms with E-state index >= 15 is 0 Å². The molecule has 0 aliphatic rings. The van der Waals surface area contributed by atoms with Crippen molar-refractivity contribution in [1.29, 1.82) is 0 Å². The second-order valence-electron chi connectivity index (χ2n) is 4.20. The zero-order valence-electron chi connectivity index (χ0n) is 10.4. The average molecular weight is 267 g/mol. The fourth-order valence-corrected chi connectivity index (χ4v) is 2.66. The second kappa shape index (κ2) is 5.71. The maximum atomic E-state index is 4.29. The molecule has 0 saturated heterocycles. The highest BCUT2D eigenvalue weighted by Crippen LogP contribution is 2.21. The van der Waals surface area contributed by atoms with Crippen molar-refractivity contribution in [1.82, 2.24) is 15.2 Å². The first-order chi connectivity index (χ1) is 9.42. The van der Waals surface area contributed by atoms with E-state index < -0.39 is 0 Å². The SMILES string of the molecule is c1ccc(CCc2nnc(-c3ccccn3)s2)cc1. The van der Waals surface area contributed by atoms with Crippen LogP contribution >= 0.6 is 11.3 Å². The summed E-state index contributed by atoms with van der Waals surface area (Å²) in [5.41, 5.74) is 2.23. The van der Waals surface area contributed by atoms with Gasteiger partial charge in [-0.2, -0.15) is 0 Å². The predicted octanol–water partition coefficient (Wildman–Crippen LogP) is 3.39. The van der Waals surface area contributed by atoms with Crippen LogP contribution in [0.1, 0.15) is 10.6 Å². The highest BCUT2D eigenvalue weighted by atomic mass is 32.1. The Morgan fingerprint density at radius 2 is 1.68 bits per heavy atom. The first-order valence-electron chi connectivity index (χ1n) is 6.19. The number of pyridine rings is 1. The van der Waals surface area contributed by atoms with Gasteiger partial charge in [-0.15, -0.1) is 10.2 Å². The highest BCUT2D eigenvalue weighted by molar-refractivity contribution is 7.14. The van der Waals surface area contributed by atoms with E-state index in [0.29, 0.717) is 0 Å². The van der Waals surface area contributed by atoms with E-state index in [1.54, 1.807) is 17.5 Å². The molecule has 3 rings (SSSR count). The van der Waals surface area contributed by atoms with E-state index in [-0.39, 0.29) is 0 Å². The summed E-state index contributed by atoms with van der Waals surface area (Å²) in [6, 6.07) is 16.3. The Kier molecular flexibility index (Phi) is 3.61. The molecule has 0 saturated carbocycles. The summed E-state index contributed by atoms with van der Waals surface area (Å²) in [5.74, 6) is 0. The molecule has 1 aromatic carbocycles. The van der Waals surface area contributed by atoms with Gasteiger partial charge in [0, 0.05) is 12.6 Å². The van der Waals surface area contributed by atoms with Crippen LogP contribution < -0.4 is 0 Å². The van der Waals surface area contributed by atoms with Gasteiger partial charge >= 0.3 is 0 Å². The molecule has 0 atom stereocenters. The number of rotatable bonds is 4. The van der Waals surface area contributed by atoms with Gasteiger partial charge in [-0.3, -0.25) is 4.98 Å². The van der Waals surface area contributed by atoms with E-state index in [1.165, 1.54) is 5.56 Å². The highest BCUT2D eigenvalue weighted by Gasteiger charge is 2.07. The van der Waals surface area contributed by atoms with Crippen LogP contribution in [0.4, 0.5) is 0 Å². The molecule has 0 amide bonds. The lowest BCUT2D eigenvalue weighted by Crippen LogP contribution is -1.89. The molecule has 94 valence electrons. The number of aromatic nitrogens is 3. The van der Waals surface area contributed by atoms with E-state index in [4.69, 9.17) is 0 Å². The summed E-state index contributed by atoms with van der Waals surface area (Å²) in [6.45, 7) is 0. The van der Waals surface area contributed by atoms with E-state index in [1.807, 2.05) is 24.3 Å². The number of hydrogen-bond acceptors (Lipinski definition) is 4. The lowest BCUT2D eigenvalue weighted by atomic mass is 10.1. The van der Waals surface area contributed by atoms with Crippen molar-refractivity contribution < 1.29 is 0 Å². The molecule has 3 aromatic rings. The minimum atomic E-state index is 0.892. The fraction of sp³-hybridized carbons (Fsp3) is 0.133. The van der Waals surface area contributed by atoms with Gasteiger partial charge in [-0.1, -0.05) is 47.7 Å². The monoisotopic (exact) mass is 267 g/mol. The number of nitrogens with zero attached hydrogens (tertiary/aromatic N) is 3. The molecule has 3 nitrogen and oxygen atoms in total. The molecule has 0 aliphatic carbocycles. The average Bonchev–Trinajstić information content (AvgIpc) is 2.96. The van der Waals surface area contributed by atoms with E-state index in [2.05, 4.69) is 39.4 Å². The molecule has 0 spiro atoms. The van der Waals surface area contributed by atoms with Crippen molar-refractivity contribution in [3.05, 3.63) is 65.3 Å². The van der Waals surface area contributed by atoms with Gasteiger partial charge in [0.2, 0.25) is 0 Å². The molecular formula is C15H13N3S. The van der Waals surface area contributed by atoms with Crippen LogP contribution in [0.2, 0.25) is 0 Å². The Hall–Kier alpha value is -2.07. The maximum absolute atomic E-state index is 4.29. The molecule has 2 aromatic heterocycles. The van der Waals surface area contributed by atoms with Crippen LogP contribution in [-0.2, 0) is 12.8 Å². The molecule has 19 heavy (non-hydrogen) atoms. The van der Waals surface area contributed by atoms with Crippen molar-refractivity contribution in [3.8, 4) is 10.7 Å². The fourth-order valence-electron chi connectivity index (χ4n) is 1.84. The van der Waals surface area contributed by atoms with Gasteiger partial charge in [0.15, 0.2) is 5.01 Å². The summed E-state index contributed by atoms with van der Waals surface area (Å²) in [5, 5.41) is 10.4. The molecule has 2 heterocycles. The topological polar surface area (TPSA) is 38.7 Å². The largest absolute Gasteiger partial charge is 0.254 e. The van der Waals surface area contributed by atoms with Crippen LogP contribution in [0, 0.1) is 0 Å². The van der Waals surface area contributed by atoms with Gasteiger partial charge in [0.25, 0.3) is 0 Å². The quantitative estimate of drug-likeness (QED) is 0.727. The predicted molar refractivity (Wildman–Crippen MR) is 77.0 cm³/mol. The third kappa shape index (κ3) is 3.03. The number of benzene rings is 1. The second-order valence-corrected chi connectivity index (χ2v) is 5.26. The van der Waals surface area contributed by atoms with Crippen molar-refractivity contribution in [3.63, 3.8) is 0 Å². The minimum Gasteiger partial charge on any atom is -0.254 e. The third-order valence-corrected chi connectivity index (χ3v) is 3.83. The van der Waals surface area contributed by atoms with E-state index in [0.717, 1.165) is 28.6 Å². The van der Waals surface area contributed by atoms with Crippen LogP contribution in [0.25, 0.3) is 10.7 Å². The molecule has 0 radical (unpaired) electrons. The Bertz CT molecular complexity index is 635. The van der Waals surface area contributed by atoms with Gasteiger partial charge in [0.05, 0.1) is 0 Å². The molecule has 0 N–H and O–H groups in total. The molecule has 4 heteroatoms. The van der Waals surface area contributed by atoms with Crippen molar-refractivity contribution in [2.75, 3.05) is 0 Å². The Balaban J connectivity index is 1.69. The maximum Gasteiger partial charge on any atom is 0.166 e. The smallest absolute Gasteiger partial charge is 0.166 e. The first-order valence-corrected chi connectivity index (χ1v) is 7.01. The first kappa shape index (κ1) is 12.0. The molecule has 0 fully saturated rings. The Morgan fingerprint density at radius 3 is 2.47 bits per heavy atom. The number of aryl methyl sites for hydroxylation is 2. The van der Waals surface area contributed by atoms with Gasteiger partial charge < -0.3 is 0 Å². The lowest BCUT2D eigenvalue weighted by Gasteiger charge is -1.97. The van der Waals surface area contributed by atoms with Crippen LogP contribution in [0.5, 0.6) is 0 Å². The molecule has 0 aliphatic heterocycles. The molecule has 0 unspecified atom stereocenters. The Labute approximate surface area is 116 Å². The van der Waals surface area contributed by atoms with Crippen LogP contribution in [0.3, 0.4) is 0 Å². The summed E-state index contributed by atoms with van der Waals surface area (Å²) >= 11 is 1.62. The summed E-state index contributed by atoms with van der Waals surface area (Å²) in [6.07, 6.45) is 3.70. The van der Waals surface area contributed by atoms with Gasteiger partial charge in [0.1, 0.15) is 10.7 Å². The number of hydrogen-bond donors (Lipinski definition) is 0. The Morgan fingerprint density at radius 1 is 0.842 bits per heavy atom. The standard InChI is InChI=1S/C15H13N3S/c1-2-6-12(7-3-1)9-10-14-17-18-15(19-14)13-8-4-5-11-16-13/h1-8,11H,9-10H2. The normalized spacial score (nSPS) is 10.5.